The number of ether oxygens (including phenoxy) is 1. The molecule has 0 radical (unpaired) electrons. The third-order valence-corrected chi connectivity index (χ3v) is 1.35. The molecule has 0 aromatic heterocycles. The fourth-order valence-corrected chi connectivity index (χ4v) is 0.254. The van der Waals surface area contributed by atoms with E-state index >= 15 is 0 Å². The first-order valence-corrected chi connectivity index (χ1v) is 5.57. The molecule has 6 heteroatoms. The average Bonchev–Trinajstić information content (AvgIpc) is 2.30. The molecule has 0 aromatic rings. The minimum atomic E-state index is -0.935. The molecule has 0 saturated carbocycles. The minimum Gasteiger partial charge on any atom is -0.478 e. The number of hydrogen-bond donors (Lipinski definition) is 2. The van der Waals surface area contributed by atoms with E-state index in [2.05, 4.69) is 24.5 Å². The Labute approximate surface area is 119 Å². The normalized spacial score (nSPS) is 7.80. The van der Waals surface area contributed by atoms with Crippen LogP contribution < -0.4 is 0 Å². The van der Waals surface area contributed by atoms with E-state index < -0.39 is 11.9 Å². The monoisotopic (exact) mass is 286 g/mol. The Bertz CT molecular complexity index is 344. The quantitative estimate of drug-likeness (QED) is 0.608. The Morgan fingerprint density at radius 3 is 1.15 bits per heavy atom. The van der Waals surface area contributed by atoms with Gasteiger partial charge in [0.05, 0.1) is 6.61 Å². The van der Waals surface area contributed by atoms with E-state index in [9.17, 15) is 14.4 Å². The van der Waals surface area contributed by atoms with Crippen LogP contribution in [-0.2, 0) is 19.1 Å². The number of aliphatic carboxylic acids is 2. The van der Waals surface area contributed by atoms with Gasteiger partial charge in [0.1, 0.15) is 0 Å². The lowest BCUT2D eigenvalue weighted by atomic mass is 10.4. The number of rotatable bonds is 4. The maximum atomic E-state index is 10.4. The number of esters is 1. The summed E-state index contributed by atoms with van der Waals surface area (Å²) in [6, 6.07) is 0. The van der Waals surface area contributed by atoms with Crippen LogP contribution in [0.1, 0.15) is 27.7 Å². The zero-order chi connectivity index (χ0) is 16.9. The van der Waals surface area contributed by atoms with Crippen LogP contribution in [0.15, 0.2) is 36.5 Å². The van der Waals surface area contributed by atoms with Crippen molar-refractivity contribution in [1.82, 2.24) is 0 Å². The second kappa shape index (κ2) is 13.1. The van der Waals surface area contributed by atoms with Crippen molar-refractivity contribution in [3.8, 4) is 0 Å². The molecule has 0 aliphatic heterocycles. The maximum absolute atomic E-state index is 10.4. The van der Waals surface area contributed by atoms with E-state index in [1.165, 1.54) is 13.8 Å². The lowest BCUT2D eigenvalue weighted by Gasteiger charge is -1.96. The first-order valence-electron chi connectivity index (χ1n) is 5.57. The van der Waals surface area contributed by atoms with Gasteiger partial charge in [-0.15, -0.1) is 0 Å². The van der Waals surface area contributed by atoms with E-state index in [4.69, 9.17) is 10.2 Å². The predicted octanol–water partition coefficient (Wildman–Crippen LogP) is 2.42. The van der Waals surface area contributed by atoms with Crippen LogP contribution in [0.4, 0.5) is 0 Å². The molecule has 0 amide bonds. The molecule has 0 atom stereocenters. The van der Waals surface area contributed by atoms with E-state index in [-0.39, 0.29) is 17.1 Å². The number of hydrogen-bond acceptors (Lipinski definition) is 4. The van der Waals surface area contributed by atoms with Crippen molar-refractivity contribution >= 4 is 17.9 Å². The van der Waals surface area contributed by atoms with Crippen molar-refractivity contribution in [2.45, 2.75) is 27.7 Å². The number of carbonyl (C=O) groups excluding carboxylic acids is 1. The summed E-state index contributed by atoms with van der Waals surface area (Å²) in [5, 5.41) is 15.8. The number of carboxylic acid groups (broad SMARTS) is 2. The van der Waals surface area contributed by atoms with Crippen molar-refractivity contribution in [3.05, 3.63) is 36.5 Å². The van der Waals surface area contributed by atoms with Crippen molar-refractivity contribution in [3.63, 3.8) is 0 Å². The molecular formula is C14H22O6. The van der Waals surface area contributed by atoms with Crippen LogP contribution in [0, 0.1) is 0 Å². The molecular weight excluding hydrogens is 264 g/mol. The molecule has 0 aliphatic rings. The van der Waals surface area contributed by atoms with Crippen LogP contribution >= 0.6 is 0 Å². The van der Waals surface area contributed by atoms with Gasteiger partial charge in [0.2, 0.25) is 0 Å². The molecule has 114 valence electrons. The predicted molar refractivity (Wildman–Crippen MR) is 76.3 cm³/mol. The van der Waals surface area contributed by atoms with Gasteiger partial charge in [-0.1, -0.05) is 19.7 Å². The van der Waals surface area contributed by atoms with Gasteiger partial charge in [-0.3, -0.25) is 0 Å². The molecule has 6 nitrogen and oxygen atoms in total. The molecule has 0 fully saturated rings. The van der Waals surface area contributed by atoms with Gasteiger partial charge in [-0.2, -0.15) is 0 Å². The van der Waals surface area contributed by atoms with Crippen molar-refractivity contribution in [2.75, 3.05) is 6.61 Å². The van der Waals surface area contributed by atoms with Crippen molar-refractivity contribution in [1.29, 1.82) is 0 Å². The van der Waals surface area contributed by atoms with Crippen LogP contribution in [0.5, 0.6) is 0 Å². The molecule has 0 spiro atoms. The Kier molecular flexibility index (Phi) is 14.9. The summed E-state index contributed by atoms with van der Waals surface area (Å²) < 4.78 is 4.56. The molecule has 0 aromatic carbocycles. The van der Waals surface area contributed by atoms with E-state index in [1.807, 2.05) is 0 Å². The topological polar surface area (TPSA) is 101 Å². The third-order valence-electron chi connectivity index (χ3n) is 1.35. The van der Waals surface area contributed by atoms with E-state index in [1.54, 1.807) is 13.8 Å². The molecule has 20 heavy (non-hydrogen) atoms. The first-order chi connectivity index (χ1) is 8.97. The summed E-state index contributed by atoms with van der Waals surface area (Å²) in [6.07, 6.45) is 0. The Morgan fingerprint density at radius 2 is 1.10 bits per heavy atom. The first kappa shape index (κ1) is 22.8. The van der Waals surface area contributed by atoms with Crippen LogP contribution in [0.3, 0.4) is 0 Å². The van der Waals surface area contributed by atoms with Gasteiger partial charge < -0.3 is 14.9 Å². The molecule has 2 N–H and O–H groups in total. The lowest BCUT2D eigenvalue weighted by molar-refractivity contribution is -0.138. The molecule has 0 bridgehead atoms. The molecule has 0 rings (SSSR count). The van der Waals surface area contributed by atoms with Crippen LogP contribution in [0.25, 0.3) is 0 Å². The van der Waals surface area contributed by atoms with Gasteiger partial charge in [-0.25, -0.2) is 14.4 Å². The highest BCUT2D eigenvalue weighted by Gasteiger charge is 1.98. The highest BCUT2D eigenvalue weighted by Crippen LogP contribution is 1.89. The summed E-state index contributed by atoms with van der Waals surface area (Å²) in [7, 11) is 0. The second-order valence-electron chi connectivity index (χ2n) is 3.67. The Balaban J connectivity index is -0.000000221. The van der Waals surface area contributed by atoms with E-state index in [0.29, 0.717) is 12.2 Å². The van der Waals surface area contributed by atoms with Crippen LogP contribution in [-0.4, -0.2) is 34.7 Å². The number of carbonyl (C=O) groups is 3. The fraction of sp³-hybridized carbons (Fsp3) is 0.357. The Hall–Kier alpha value is -2.37. The lowest BCUT2D eigenvalue weighted by Crippen LogP contribution is -2.03. The van der Waals surface area contributed by atoms with Crippen molar-refractivity contribution in [2.24, 2.45) is 0 Å². The maximum Gasteiger partial charge on any atom is 0.333 e. The largest absolute Gasteiger partial charge is 0.478 e. The molecule has 0 unspecified atom stereocenters. The van der Waals surface area contributed by atoms with Gasteiger partial charge in [-0.05, 0) is 27.7 Å². The average molecular weight is 286 g/mol. The SMILES string of the molecule is C=C(C)C(=O)O.C=C(C)C(=O)O.C=C(C)C(=O)OCC. The summed E-state index contributed by atoms with van der Waals surface area (Å²) in [5.74, 6) is -2.18. The van der Waals surface area contributed by atoms with E-state index in [0.717, 1.165) is 0 Å². The minimum absolute atomic E-state index is 0.176. The smallest absolute Gasteiger partial charge is 0.333 e. The molecule has 0 saturated heterocycles. The fourth-order valence-electron chi connectivity index (χ4n) is 0.254. The van der Waals surface area contributed by atoms with Gasteiger partial charge >= 0.3 is 17.9 Å². The van der Waals surface area contributed by atoms with Gasteiger partial charge in [0.25, 0.3) is 0 Å². The van der Waals surface area contributed by atoms with Crippen LogP contribution in [0.2, 0.25) is 0 Å². The van der Waals surface area contributed by atoms with Gasteiger partial charge in [0, 0.05) is 16.7 Å². The second-order valence-corrected chi connectivity index (χ2v) is 3.67. The summed E-state index contributed by atoms with van der Waals surface area (Å²) in [4.78, 5) is 29.6. The third kappa shape index (κ3) is 21.0. The highest BCUT2D eigenvalue weighted by molar-refractivity contribution is 5.87. The van der Waals surface area contributed by atoms with Crippen molar-refractivity contribution < 1.29 is 29.3 Å². The Morgan fingerprint density at radius 1 is 0.850 bits per heavy atom. The van der Waals surface area contributed by atoms with Gasteiger partial charge in [0.15, 0.2) is 0 Å². The standard InChI is InChI=1S/C6H10O2.2C4H6O2/c1-4-8-6(7)5(2)3;2*1-3(2)4(5)6/h2,4H2,1,3H3;2*1H2,2H3,(H,5,6). The summed E-state index contributed by atoms with van der Waals surface area (Å²) in [6.45, 7) is 16.4. The molecule has 0 aliphatic carbocycles. The number of carboxylic acids is 2. The zero-order valence-corrected chi connectivity index (χ0v) is 12.4. The summed E-state index contributed by atoms with van der Waals surface area (Å²) in [5.41, 5.74) is 0.803. The zero-order valence-electron chi connectivity index (χ0n) is 12.4. The summed E-state index contributed by atoms with van der Waals surface area (Å²) >= 11 is 0. The molecule has 0 heterocycles. The highest BCUT2D eigenvalue weighted by atomic mass is 16.5.